The number of para-hydroxylation sites is 1. The molecule has 2 N–H and O–H groups in total. The van der Waals surface area contributed by atoms with Crippen LogP contribution in [0.25, 0.3) is 0 Å². The van der Waals surface area contributed by atoms with E-state index in [-0.39, 0.29) is 0 Å². The number of halogens is 1. The fourth-order valence-electron chi connectivity index (χ4n) is 1.83. The molecule has 0 spiro atoms. The summed E-state index contributed by atoms with van der Waals surface area (Å²) in [6.45, 7) is 1.20. The van der Waals surface area contributed by atoms with Crippen molar-refractivity contribution in [2.24, 2.45) is 5.73 Å². The Morgan fingerprint density at radius 1 is 1.00 bits per heavy atom. The van der Waals surface area contributed by atoms with Crippen LogP contribution in [0.1, 0.15) is 5.56 Å². The molecule has 0 aromatic heterocycles. The van der Waals surface area contributed by atoms with Crippen LogP contribution in [0.3, 0.4) is 0 Å². The predicted molar refractivity (Wildman–Crippen MR) is 83.3 cm³/mol. The highest BCUT2D eigenvalue weighted by atomic mass is 35.5. The van der Waals surface area contributed by atoms with Crippen LogP contribution in [0, 0.1) is 0 Å². The molecule has 2 rings (SSSR count). The second-order valence-corrected chi connectivity index (χ2v) is 4.71. The fourth-order valence-corrected chi connectivity index (χ4v) is 2.02. The van der Waals surface area contributed by atoms with E-state index in [4.69, 9.17) is 31.5 Å². The molecule has 21 heavy (non-hydrogen) atoms. The molecule has 5 heteroatoms. The van der Waals surface area contributed by atoms with Crippen LogP contribution in [0.5, 0.6) is 17.2 Å². The summed E-state index contributed by atoms with van der Waals surface area (Å²) in [4.78, 5) is 0. The van der Waals surface area contributed by atoms with Gasteiger partial charge in [0.25, 0.3) is 0 Å². The van der Waals surface area contributed by atoms with Crippen molar-refractivity contribution in [3.8, 4) is 17.2 Å². The van der Waals surface area contributed by atoms with Crippen LogP contribution in [0.15, 0.2) is 42.5 Å². The number of rotatable bonds is 7. The maximum atomic E-state index is 6.01. The number of benzene rings is 2. The van der Waals surface area contributed by atoms with Gasteiger partial charge in [0.15, 0.2) is 0 Å². The Bertz CT molecular complexity index is 589. The molecule has 0 atom stereocenters. The molecular weight excluding hydrogens is 290 g/mol. The van der Waals surface area contributed by atoms with E-state index in [1.54, 1.807) is 13.2 Å². The molecular formula is C16H18ClNO3. The van der Waals surface area contributed by atoms with Crippen LogP contribution in [0.2, 0.25) is 5.02 Å². The van der Waals surface area contributed by atoms with Crippen molar-refractivity contribution in [2.75, 3.05) is 20.3 Å². The molecule has 0 aliphatic rings. The third-order valence-electron chi connectivity index (χ3n) is 2.93. The van der Waals surface area contributed by atoms with Crippen LogP contribution < -0.4 is 19.9 Å². The first-order valence-corrected chi connectivity index (χ1v) is 6.99. The average molecular weight is 308 g/mol. The van der Waals surface area contributed by atoms with Gasteiger partial charge in [-0.1, -0.05) is 29.8 Å². The maximum absolute atomic E-state index is 6.01. The first kappa shape index (κ1) is 15.5. The lowest BCUT2D eigenvalue weighted by Crippen LogP contribution is -2.11. The lowest BCUT2D eigenvalue weighted by molar-refractivity contribution is 0.215. The average Bonchev–Trinajstić information content (AvgIpc) is 2.52. The topological polar surface area (TPSA) is 53.7 Å². The fraction of sp³-hybridized carbons (Fsp3) is 0.250. The number of methoxy groups -OCH3 is 1. The van der Waals surface area contributed by atoms with E-state index in [0.717, 1.165) is 11.3 Å². The molecule has 0 radical (unpaired) electrons. The molecule has 0 fully saturated rings. The van der Waals surface area contributed by atoms with Crippen LogP contribution in [-0.2, 0) is 6.54 Å². The van der Waals surface area contributed by atoms with Crippen LogP contribution in [-0.4, -0.2) is 20.3 Å². The van der Waals surface area contributed by atoms with E-state index in [2.05, 4.69) is 0 Å². The zero-order valence-corrected chi connectivity index (χ0v) is 12.6. The molecule has 0 bridgehead atoms. The highest BCUT2D eigenvalue weighted by Gasteiger charge is 2.05. The van der Waals surface area contributed by atoms with Crippen LogP contribution in [0.4, 0.5) is 0 Å². The van der Waals surface area contributed by atoms with Gasteiger partial charge in [0.1, 0.15) is 30.5 Å². The third-order valence-corrected chi connectivity index (χ3v) is 3.24. The van der Waals surface area contributed by atoms with E-state index >= 15 is 0 Å². The van der Waals surface area contributed by atoms with E-state index in [0.29, 0.717) is 36.3 Å². The Balaban J connectivity index is 1.90. The summed E-state index contributed by atoms with van der Waals surface area (Å²) in [7, 11) is 1.61. The van der Waals surface area contributed by atoms with E-state index in [9.17, 15) is 0 Å². The summed E-state index contributed by atoms with van der Waals surface area (Å²) < 4.78 is 16.4. The summed E-state index contributed by atoms with van der Waals surface area (Å²) in [6.07, 6.45) is 0. The summed E-state index contributed by atoms with van der Waals surface area (Å²) in [5.41, 5.74) is 6.61. The predicted octanol–water partition coefficient (Wildman–Crippen LogP) is 3.27. The van der Waals surface area contributed by atoms with Gasteiger partial charge >= 0.3 is 0 Å². The highest BCUT2D eigenvalue weighted by molar-refractivity contribution is 6.32. The Hall–Kier alpha value is -1.91. The number of hydrogen-bond acceptors (Lipinski definition) is 4. The normalized spacial score (nSPS) is 10.2. The minimum absolute atomic E-state index is 0.394. The van der Waals surface area contributed by atoms with Gasteiger partial charge in [-0.2, -0.15) is 0 Å². The van der Waals surface area contributed by atoms with Gasteiger partial charge in [-0.15, -0.1) is 0 Å². The molecule has 0 heterocycles. The summed E-state index contributed by atoms with van der Waals surface area (Å²) in [5.74, 6) is 2.08. The minimum atomic E-state index is 0.394. The summed E-state index contributed by atoms with van der Waals surface area (Å²) in [6, 6.07) is 12.9. The second kappa shape index (κ2) is 7.76. The van der Waals surface area contributed by atoms with Crippen molar-refractivity contribution in [3.05, 3.63) is 53.1 Å². The monoisotopic (exact) mass is 307 g/mol. The lowest BCUT2D eigenvalue weighted by atomic mass is 10.2. The van der Waals surface area contributed by atoms with Crippen molar-refractivity contribution in [1.82, 2.24) is 0 Å². The van der Waals surface area contributed by atoms with Gasteiger partial charge in [0, 0.05) is 18.2 Å². The molecule has 0 aliphatic heterocycles. The van der Waals surface area contributed by atoms with Crippen molar-refractivity contribution in [2.45, 2.75) is 6.54 Å². The number of ether oxygens (including phenoxy) is 3. The van der Waals surface area contributed by atoms with E-state index < -0.39 is 0 Å². The molecule has 0 aliphatic carbocycles. The van der Waals surface area contributed by atoms with Crippen molar-refractivity contribution < 1.29 is 14.2 Å². The molecule has 112 valence electrons. The SMILES string of the molecule is COc1ccc(CN)c(OCCOc2ccccc2Cl)c1. The van der Waals surface area contributed by atoms with Crippen molar-refractivity contribution in [3.63, 3.8) is 0 Å². The van der Waals surface area contributed by atoms with E-state index in [1.165, 1.54) is 0 Å². The Morgan fingerprint density at radius 3 is 2.38 bits per heavy atom. The van der Waals surface area contributed by atoms with Crippen molar-refractivity contribution >= 4 is 11.6 Å². The summed E-state index contributed by atoms with van der Waals surface area (Å²) in [5, 5.41) is 0.585. The standard InChI is InChI=1S/C16H18ClNO3/c1-19-13-7-6-12(11-18)16(10-13)21-9-8-20-15-5-3-2-4-14(15)17/h2-7,10H,8-9,11,18H2,1H3. The molecule has 4 nitrogen and oxygen atoms in total. The minimum Gasteiger partial charge on any atom is -0.497 e. The number of hydrogen-bond donors (Lipinski definition) is 1. The zero-order chi connectivity index (χ0) is 15.1. The van der Waals surface area contributed by atoms with Gasteiger partial charge in [-0.3, -0.25) is 0 Å². The zero-order valence-electron chi connectivity index (χ0n) is 11.8. The van der Waals surface area contributed by atoms with Gasteiger partial charge in [-0.25, -0.2) is 0 Å². The molecule has 2 aromatic rings. The molecule has 0 unspecified atom stereocenters. The van der Waals surface area contributed by atoms with Gasteiger partial charge in [0.05, 0.1) is 12.1 Å². The molecule has 2 aromatic carbocycles. The first-order chi connectivity index (χ1) is 10.2. The molecule has 0 amide bonds. The Kier molecular flexibility index (Phi) is 5.72. The lowest BCUT2D eigenvalue weighted by Gasteiger charge is -2.13. The van der Waals surface area contributed by atoms with Gasteiger partial charge in [-0.05, 0) is 18.2 Å². The molecule has 0 saturated carbocycles. The smallest absolute Gasteiger partial charge is 0.138 e. The maximum Gasteiger partial charge on any atom is 0.138 e. The summed E-state index contributed by atoms with van der Waals surface area (Å²) >= 11 is 6.01. The third kappa shape index (κ3) is 4.28. The molecule has 0 saturated heterocycles. The van der Waals surface area contributed by atoms with Crippen molar-refractivity contribution in [1.29, 1.82) is 0 Å². The van der Waals surface area contributed by atoms with Crippen LogP contribution >= 0.6 is 11.6 Å². The highest BCUT2D eigenvalue weighted by Crippen LogP contribution is 2.25. The van der Waals surface area contributed by atoms with Gasteiger partial charge in [0.2, 0.25) is 0 Å². The van der Waals surface area contributed by atoms with E-state index in [1.807, 2.05) is 36.4 Å². The van der Waals surface area contributed by atoms with Gasteiger partial charge < -0.3 is 19.9 Å². The first-order valence-electron chi connectivity index (χ1n) is 6.61. The largest absolute Gasteiger partial charge is 0.497 e. The Morgan fingerprint density at radius 2 is 1.71 bits per heavy atom. The number of nitrogens with two attached hydrogens (primary N) is 1. The second-order valence-electron chi connectivity index (χ2n) is 4.31. The quantitative estimate of drug-likeness (QED) is 0.798. The Labute approximate surface area is 129 Å².